The lowest BCUT2D eigenvalue weighted by molar-refractivity contribution is 0.303. The van der Waals surface area contributed by atoms with E-state index in [0.29, 0.717) is 27.9 Å². The molecular weight excluding hydrogens is 379 g/mol. The molecule has 3 aromatic rings. The zero-order valence-corrected chi connectivity index (χ0v) is 15.1. The summed E-state index contributed by atoms with van der Waals surface area (Å²) in [6.45, 7) is 0.642. The van der Waals surface area contributed by atoms with Crippen LogP contribution in [0.2, 0.25) is 10.0 Å². The summed E-state index contributed by atoms with van der Waals surface area (Å²) >= 11 is 12.1. The largest absolute Gasteiger partial charge is 0.488 e. The van der Waals surface area contributed by atoms with Gasteiger partial charge >= 0.3 is 0 Å². The van der Waals surface area contributed by atoms with Crippen molar-refractivity contribution in [2.45, 2.75) is 13.2 Å². The Bertz CT molecular complexity index is 901. The minimum atomic E-state index is -0.394. The Morgan fingerprint density at radius 2 is 1.54 bits per heavy atom. The second-order valence-corrected chi connectivity index (χ2v) is 6.48. The van der Waals surface area contributed by atoms with Crippen LogP contribution >= 0.6 is 23.2 Å². The first-order valence-electron chi connectivity index (χ1n) is 7.86. The van der Waals surface area contributed by atoms with Gasteiger partial charge in [-0.25, -0.2) is 8.78 Å². The molecule has 0 saturated carbocycles. The third-order valence-electron chi connectivity index (χ3n) is 3.75. The first-order valence-corrected chi connectivity index (χ1v) is 8.61. The number of nitrogens with one attached hydrogen (secondary N) is 1. The van der Waals surface area contributed by atoms with Crippen LogP contribution < -0.4 is 10.1 Å². The molecular formula is C20H15Cl2F2NO. The van der Waals surface area contributed by atoms with Gasteiger partial charge in [-0.15, -0.1) is 0 Å². The molecule has 3 aromatic carbocycles. The molecule has 0 aromatic heterocycles. The van der Waals surface area contributed by atoms with Gasteiger partial charge in [-0.05, 0) is 54.6 Å². The van der Waals surface area contributed by atoms with Gasteiger partial charge in [0.25, 0.3) is 0 Å². The van der Waals surface area contributed by atoms with Crippen LogP contribution in [0, 0.1) is 11.6 Å². The normalized spacial score (nSPS) is 10.6. The summed E-state index contributed by atoms with van der Waals surface area (Å²) in [5.41, 5.74) is 2.29. The van der Waals surface area contributed by atoms with Crippen LogP contribution in [0.4, 0.5) is 14.5 Å². The van der Waals surface area contributed by atoms with Gasteiger partial charge in [0.15, 0.2) is 0 Å². The van der Waals surface area contributed by atoms with Crippen molar-refractivity contribution in [2.24, 2.45) is 0 Å². The molecule has 0 aliphatic heterocycles. The molecule has 0 atom stereocenters. The van der Waals surface area contributed by atoms with Gasteiger partial charge in [0.05, 0.1) is 5.02 Å². The number of anilines is 1. The van der Waals surface area contributed by atoms with Crippen molar-refractivity contribution >= 4 is 28.9 Å². The van der Waals surface area contributed by atoms with E-state index in [1.54, 1.807) is 36.4 Å². The molecule has 2 nitrogen and oxygen atoms in total. The summed E-state index contributed by atoms with van der Waals surface area (Å²) in [4.78, 5) is 0. The highest BCUT2D eigenvalue weighted by atomic mass is 35.5. The van der Waals surface area contributed by atoms with Gasteiger partial charge in [0, 0.05) is 28.4 Å². The lowest BCUT2D eigenvalue weighted by atomic mass is 10.2. The van der Waals surface area contributed by atoms with Gasteiger partial charge < -0.3 is 10.1 Å². The van der Waals surface area contributed by atoms with E-state index in [1.165, 1.54) is 24.3 Å². The monoisotopic (exact) mass is 393 g/mol. The molecule has 0 spiro atoms. The van der Waals surface area contributed by atoms with E-state index in [4.69, 9.17) is 27.9 Å². The minimum Gasteiger partial charge on any atom is -0.488 e. The standard InChI is InChI=1S/C20H15Cl2F2NO/c21-15-2-8-20(26-12-13-1-3-17(24)10-19(13)22)14(9-15)11-25-18-6-4-16(23)5-7-18/h1-10,25H,11-12H2. The minimum absolute atomic E-state index is 0.199. The fraction of sp³-hybridized carbons (Fsp3) is 0.100. The van der Waals surface area contributed by atoms with Crippen LogP contribution in [0.25, 0.3) is 0 Å². The smallest absolute Gasteiger partial charge is 0.124 e. The zero-order valence-electron chi connectivity index (χ0n) is 13.6. The van der Waals surface area contributed by atoms with Crippen LogP contribution in [0.1, 0.15) is 11.1 Å². The third kappa shape index (κ3) is 4.87. The number of hydrogen-bond acceptors (Lipinski definition) is 2. The van der Waals surface area contributed by atoms with Crippen molar-refractivity contribution in [3.8, 4) is 5.75 Å². The maximum absolute atomic E-state index is 13.1. The van der Waals surface area contributed by atoms with Gasteiger partial charge in [0.2, 0.25) is 0 Å². The summed E-state index contributed by atoms with van der Waals surface area (Å²) in [6, 6.07) is 15.5. The highest BCUT2D eigenvalue weighted by Gasteiger charge is 2.08. The van der Waals surface area contributed by atoms with E-state index in [2.05, 4.69) is 5.32 Å². The molecule has 0 aliphatic carbocycles. The highest BCUT2D eigenvalue weighted by Crippen LogP contribution is 2.26. The van der Waals surface area contributed by atoms with Crippen molar-refractivity contribution in [3.63, 3.8) is 0 Å². The Balaban J connectivity index is 1.71. The molecule has 134 valence electrons. The summed E-state index contributed by atoms with van der Waals surface area (Å²) in [5, 5.41) is 4.08. The lowest BCUT2D eigenvalue weighted by Crippen LogP contribution is -2.04. The third-order valence-corrected chi connectivity index (χ3v) is 4.33. The van der Waals surface area contributed by atoms with Crippen molar-refractivity contribution in [3.05, 3.63) is 93.5 Å². The van der Waals surface area contributed by atoms with Gasteiger partial charge in [-0.2, -0.15) is 0 Å². The van der Waals surface area contributed by atoms with E-state index in [-0.39, 0.29) is 12.4 Å². The van der Waals surface area contributed by atoms with Crippen LogP contribution in [0.15, 0.2) is 60.7 Å². The molecule has 6 heteroatoms. The molecule has 0 saturated heterocycles. The van der Waals surface area contributed by atoms with E-state index < -0.39 is 5.82 Å². The fourth-order valence-corrected chi connectivity index (χ4v) is 2.80. The second-order valence-electron chi connectivity index (χ2n) is 5.64. The lowest BCUT2D eigenvalue weighted by Gasteiger charge is -2.14. The molecule has 3 rings (SSSR count). The maximum atomic E-state index is 13.1. The van der Waals surface area contributed by atoms with Crippen LogP contribution in [0.5, 0.6) is 5.75 Å². The summed E-state index contributed by atoms with van der Waals surface area (Å²) in [5.74, 6) is -0.0580. The van der Waals surface area contributed by atoms with Crippen LogP contribution in [-0.2, 0) is 13.2 Å². The van der Waals surface area contributed by atoms with Crippen LogP contribution in [-0.4, -0.2) is 0 Å². The summed E-state index contributed by atoms with van der Waals surface area (Å²) < 4.78 is 32.0. The van der Waals surface area contributed by atoms with Crippen molar-refractivity contribution < 1.29 is 13.5 Å². The van der Waals surface area contributed by atoms with Gasteiger partial charge in [0.1, 0.15) is 24.0 Å². The van der Waals surface area contributed by atoms with Crippen molar-refractivity contribution in [2.75, 3.05) is 5.32 Å². The molecule has 0 amide bonds. The van der Waals surface area contributed by atoms with Crippen molar-refractivity contribution in [1.29, 1.82) is 0 Å². The number of rotatable bonds is 6. The van der Waals surface area contributed by atoms with Gasteiger partial charge in [-0.3, -0.25) is 0 Å². The van der Waals surface area contributed by atoms with Crippen molar-refractivity contribution in [1.82, 2.24) is 0 Å². The molecule has 1 N–H and O–H groups in total. The van der Waals surface area contributed by atoms with E-state index >= 15 is 0 Å². The van der Waals surface area contributed by atoms with E-state index in [0.717, 1.165) is 11.3 Å². The quantitative estimate of drug-likeness (QED) is 0.518. The fourth-order valence-electron chi connectivity index (χ4n) is 2.39. The first kappa shape index (κ1) is 18.5. The molecule has 26 heavy (non-hydrogen) atoms. The number of hydrogen-bond donors (Lipinski definition) is 1. The molecule has 0 radical (unpaired) electrons. The second kappa shape index (κ2) is 8.39. The first-order chi connectivity index (χ1) is 12.5. The highest BCUT2D eigenvalue weighted by molar-refractivity contribution is 6.31. The Morgan fingerprint density at radius 3 is 2.27 bits per heavy atom. The molecule has 0 heterocycles. The zero-order chi connectivity index (χ0) is 18.5. The molecule has 0 fully saturated rings. The topological polar surface area (TPSA) is 21.3 Å². The Labute approximate surface area is 160 Å². The van der Waals surface area contributed by atoms with Gasteiger partial charge in [-0.1, -0.05) is 29.3 Å². The number of benzene rings is 3. The SMILES string of the molecule is Fc1ccc(NCc2cc(Cl)ccc2OCc2ccc(F)cc2Cl)cc1. The predicted molar refractivity (Wildman–Crippen MR) is 101 cm³/mol. The Morgan fingerprint density at radius 1 is 0.808 bits per heavy atom. The average molecular weight is 394 g/mol. The average Bonchev–Trinajstić information content (AvgIpc) is 2.62. The number of ether oxygens (including phenoxy) is 1. The summed E-state index contributed by atoms with van der Waals surface area (Å²) in [7, 11) is 0. The molecule has 0 aliphatic rings. The number of halogens is 4. The van der Waals surface area contributed by atoms with Crippen LogP contribution in [0.3, 0.4) is 0 Å². The van der Waals surface area contributed by atoms with E-state index in [1.807, 2.05) is 0 Å². The Kier molecular flexibility index (Phi) is 5.96. The molecule has 0 bridgehead atoms. The molecule has 0 unspecified atom stereocenters. The Hall–Kier alpha value is -2.30. The predicted octanol–water partition coefficient (Wildman–Crippen LogP) is 6.46. The summed E-state index contributed by atoms with van der Waals surface area (Å²) in [6.07, 6.45) is 0. The maximum Gasteiger partial charge on any atom is 0.124 e. The van der Waals surface area contributed by atoms with E-state index in [9.17, 15) is 8.78 Å².